The first-order chi connectivity index (χ1) is 8.93. The maximum atomic E-state index is 4.70. The summed E-state index contributed by atoms with van der Waals surface area (Å²) in [5.41, 5.74) is 0. The van der Waals surface area contributed by atoms with Crippen molar-refractivity contribution in [3.05, 3.63) is 6.20 Å². The highest BCUT2D eigenvalue weighted by Gasteiger charge is 2.18. The van der Waals surface area contributed by atoms with Gasteiger partial charge in [0.25, 0.3) is 0 Å². The number of hydrogen-bond acceptors (Lipinski definition) is 5. The Kier molecular flexibility index (Phi) is 3.57. The molecule has 18 heavy (non-hydrogen) atoms. The van der Waals surface area contributed by atoms with E-state index < -0.39 is 0 Å². The molecule has 3 heterocycles. The predicted octanol–water partition coefficient (Wildman–Crippen LogP) is 1.85. The zero-order valence-electron chi connectivity index (χ0n) is 10.9. The summed E-state index contributed by atoms with van der Waals surface area (Å²) in [5.74, 6) is 1.82. The smallest absolute Gasteiger partial charge is 0.247 e. The lowest BCUT2D eigenvalue weighted by molar-refractivity contribution is 0.726. The van der Waals surface area contributed by atoms with Crippen molar-refractivity contribution < 1.29 is 0 Å². The third-order valence-corrected chi connectivity index (χ3v) is 3.85. The third kappa shape index (κ3) is 2.54. The number of aromatic nitrogens is 3. The van der Waals surface area contributed by atoms with Crippen molar-refractivity contribution >= 4 is 11.8 Å². The molecular formula is C13H21N5. The zero-order valence-corrected chi connectivity index (χ0v) is 10.9. The van der Waals surface area contributed by atoms with Gasteiger partial charge in [0.1, 0.15) is 0 Å². The van der Waals surface area contributed by atoms with Crippen LogP contribution >= 0.6 is 0 Å². The van der Waals surface area contributed by atoms with E-state index in [1.165, 1.54) is 38.5 Å². The van der Waals surface area contributed by atoms with Gasteiger partial charge in [0.15, 0.2) is 5.82 Å². The van der Waals surface area contributed by atoms with Gasteiger partial charge < -0.3 is 9.80 Å². The van der Waals surface area contributed by atoms with E-state index in [-0.39, 0.29) is 0 Å². The molecule has 5 nitrogen and oxygen atoms in total. The minimum atomic E-state index is 0.814. The Morgan fingerprint density at radius 3 is 2.11 bits per heavy atom. The van der Waals surface area contributed by atoms with E-state index in [2.05, 4.69) is 20.0 Å². The molecule has 5 heteroatoms. The molecule has 0 saturated carbocycles. The quantitative estimate of drug-likeness (QED) is 0.798. The molecule has 3 rings (SSSR count). The van der Waals surface area contributed by atoms with Crippen LogP contribution in [0.15, 0.2) is 6.20 Å². The minimum Gasteiger partial charge on any atom is -0.355 e. The molecule has 0 amide bonds. The Bertz CT molecular complexity index is 381. The van der Waals surface area contributed by atoms with Gasteiger partial charge in [-0.2, -0.15) is 10.1 Å². The normalized spacial score (nSPS) is 21.1. The highest BCUT2D eigenvalue weighted by molar-refractivity contribution is 5.42. The van der Waals surface area contributed by atoms with Crippen molar-refractivity contribution in [1.82, 2.24) is 15.2 Å². The highest BCUT2D eigenvalue weighted by Crippen LogP contribution is 2.20. The van der Waals surface area contributed by atoms with Crippen molar-refractivity contribution in [1.29, 1.82) is 0 Å². The summed E-state index contributed by atoms with van der Waals surface area (Å²) < 4.78 is 0. The van der Waals surface area contributed by atoms with E-state index in [9.17, 15) is 0 Å². The third-order valence-electron chi connectivity index (χ3n) is 3.85. The maximum Gasteiger partial charge on any atom is 0.247 e. The number of anilines is 2. The fourth-order valence-corrected chi connectivity index (χ4v) is 2.79. The Morgan fingerprint density at radius 1 is 0.778 bits per heavy atom. The van der Waals surface area contributed by atoms with Crippen molar-refractivity contribution in [3.8, 4) is 0 Å². The molecular weight excluding hydrogens is 226 g/mol. The van der Waals surface area contributed by atoms with E-state index in [0.29, 0.717) is 0 Å². The molecule has 0 unspecified atom stereocenters. The minimum absolute atomic E-state index is 0.814. The van der Waals surface area contributed by atoms with Crippen LogP contribution < -0.4 is 9.80 Å². The van der Waals surface area contributed by atoms with Crippen molar-refractivity contribution in [2.75, 3.05) is 36.0 Å². The molecule has 2 fully saturated rings. The molecule has 0 radical (unpaired) electrons. The molecule has 1 aromatic heterocycles. The van der Waals surface area contributed by atoms with Crippen molar-refractivity contribution in [3.63, 3.8) is 0 Å². The summed E-state index contributed by atoms with van der Waals surface area (Å²) in [6.45, 7) is 4.37. The average molecular weight is 247 g/mol. The Hall–Kier alpha value is -1.39. The SMILES string of the molecule is c1nnc(N2CCCC2)nc1N1CCCCCC1. The Labute approximate surface area is 108 Å². The first-order valence-corrected chi connectivity index (χ1v) is 7.13. The summed E-state index contributed by atoms with van der Waals surface area (Å²) in [6.07, 6.45) is 9.52. The largest absolute Gasteiger partial charge is 0.355 e. The summed E-state index contributed by atoms with van der Waals surface area (Å²) in [6, 6.07) is 0. The van der Waals surface area contributed by atoms with Crippen LogP contribution in [0.4, 0.5) is 11.8 Å². The number of nitrogens with zero attached hydrogens (tertiary/aromatic N) is 5. The molecule has 2 aliphatic rings. The number of hydrogen-bond donors (Lipinski definition) is 0. The van der Waals surface area contributed by atoms with Crippen molar-refractivity contribution in [2.45, 2.75) is 38.5 Å². The van der Waals surface area contributed by atoms with E-state index in [0.717, 1.165) is 37.9 Å². The second-order valence-corrected chi connectivity index (χ2v) is 5.21. The summed E-state index contributed by atoms with van der Waals surface area (Å²) >= 11 is 0. The van der Waals surface area contributed by atoms with E-state index >= 15 is 0 Å². The molecule has 0 aliphatic carbocycles. The second kappa shape index (κ2) is 5.50. The van der Waals surface area contributed by atoms with Crippen LogP contribution in [0.3, 0.4) is 0 Å². The van der Waals surface area contributed by atoms with E-state index in [1.54, 1.807) is 0 Å². The van der Waals surface area contributed by atoms with Crippen LogP contribution in [0.1, 0.15) is 38.5 Å². The highest BCUT2D eigenvalue weighted by atomic mass is 15.4. The van der Waals surface area contributed by atoms with Crippen LogP contribution in [0.2, 0.25) is 0 Å². The zero-order chi connectivity index (χ0) is 12.2. The standard InChI is InChI=1S/C13H21N5/c1-2-4-8-17(7-3-1)12-11-14-16-13(15-12)18-9-5-6-10-18/h11H,1-10H2. The summed E-state index contributed by atoms with van der Waals surface area (Å²) in [5, 5.41) is 8.32. The van der Waals surface area contributed by atoms with Gasteiger partial charge in [-0.15, -0.1) is 5.10 Å². The lowest BCUT2D eigenvalue weighted by atomic mass is 10.2. The maximum absolute atomic E-state index is 4.70. The molecule has 98 valence electrons. The Balaban J connectivity index is 1.76. The van der Waals surface area contributed by atoms with E-state index in [1.807, 2.05) is 6.20 Å². The van der Waals surface area contributed by atoms with Crippen LogP contribution in [0, 0.1) is 0 Å². The Morgan fingerprint density at radius 2 is 1.39 bits per heavy atom. The summed E-state index contributed by atoms with van der Waals surface area (Å²) in [7, 11) is 0. The summed E-state index contributed by atoms with van der Waals surface area (Å²) in [4.78, 5) is 9.31. The first-order valence-electron chi connectivity index (χ1n) is 7.13. The van der Waals surface area contributed by atoms with E-state index in [4.69, 9.17) is 4.98 Å². The topological polar surface area (TPSA) is 45.2 Å². The van der Waals surface area contributed by atoms with Crippen LogP contribution in [0.5, 0.6) is 0 Å². The fraction of sp³-hybridized carbons (Fsp3) is 0.769. The molecule has 1 aromatic rings. The molecule has 0 N–H and O–H groups in total. The molecule has 0 spiro atoms. The second-order valence-electron chi connectivity index (χ2n) is 5.21. The molecule has 2 aliphatic heterocycles. The predicted molar refractivity (Wildman–Crippen MR) is 72.0 cm³/mol. The fourth-order valence-electron chi connectivity index (χ4n) is 2.79. The number of rotatable bonds is 2. The van der Waals surface area contributed by atoms with Gasteiger partial charge in [-0.1, -0.05) is 12.8 Å². The van der Waals surface area contributed by atoms with Crippen LogP contribution in [-0.2, 0) is 0 Å². The lowest BCUT2D eigenvalue weighted by Crippen LogP contribution is -2.27. The van der Waals surface area contributed by atoms with Gasteiger partial charge in [0, 0.05) is 26.2 Å². The molecule has 0 aromatic carbocycles. The van der Waals surface area contributed by atoms with Gasteiger partial charge in [-0.25, -0.2) is 0 Å². The molecule has 2 saturated heterocycles. The lowest BCUT2D eigenvalue weighted by Gasteiger charge is -2.22. The van der Waals surface area contributed by atoms with Gasteiger partial charge in [0.05, 0.1) is 6.20 Å². The first kappa shape index (κ1) is 11.7. The average Bonchev–Trinajstić information content (AvgIpc) is 2.82. The van der Waals surface area contributed by atoms with Gasteiger partial charge in [-0.3, -0.25) is 0 Å². The monoisotopic (exact) mass is 247 g/mol. The van der Waals surface area contributed by atoms with Gasteiger partial charge in [-0.05, 0) is 25.7 Å². The van der Waals surface area contributed by atoms with Gasteiger partial charge in [0.2, 0.25) is 5.95 Å². The molecule has 0 atom stereocenters. The van der Waals surface area contributed by atoms with Crippen LogP contribution in [0.25, 0.3) is 0 Å². The van der Waals surface area contributed by atoms with Gasteiger partial charge >= 0.3 is 0 Å². The molecule has 0 bridgehead atoms. The van der Waals surface area contributed by atoms with Crippen LogP contribution in [-0.4, -0.2) is 41.4 Å². The van der Waals surface area contributed by atoms with Crippen molar-refractivity contribution in [2.24, 2.45) is 0 Å².